The van der Waals surface area contributed by atoms with Crippen LogP contribution in [-0.2, 0) is 24.8 Å². The second kappa shape index (κ2) is 10.8. The molecule has 50 heavy (non-hydrogen) atoms. The number of nitrogens with zero attached hydrogens (tertiary/aromatic N) is 4. The number of pyridine rings is 2. The highest BCUT2D eigenvalue weighted by atomic mass is 32.1. The summed E-state index contributed by atoms with van der Waals surface area (Å²) in [5.41, 5.74) is 6.24. The molecule has 2 N–H and O–H groups in total. The molecule has 1 saturated heterocycles. The maximum atomic E-state index is 14.4. The summed E-state index contributed by atoms with van der Waals surface area (Å²) in [6, 6.07) is 16.7. The Balaban J connectivity index is 1.15. The number of aromatic nitrogens is 4. The molecule has 10 nitrogen and oxygen atoms in total. The number of ether oxygens (including phenoxy) is 1. The van der Waals surface area contributed by atoms with Crippen LogP contribution >= 0.6 is 11.3 Å². The van der Waals surface area contributed by atoms with Gasteiger partial charge < -0.3 is 19.4 Å². The van der Waals surface area contributed by atoms with Crippen molar-refractivity contribution in [3.8, 4) is 27.6 Å². The van der Waals surface area contributed by atoms with E-state index in [1.165, 1.54) is 23.3 Å². The largest absolute Gasteiger partial charge is 0.496 e. The number of H-pyrrole nitrogens is 1. The molecular weight excluding hydrogens is 656 g/mol. The zero-order valence-electron chi connectivity index (χ0n) is 27.1. The Labute approximate surface area is 289 Å². The number of rotatable bonds is 8. The molecule has 2 fully saturated rings. The smallest absolute Gasteiger partial charge is 0.434 e. The number of anilines is 1. The highest BCUT2D eigenvalue weighted by Gasteiger charge is 2.70. The van der Waals surface area contributed by atoms with Crippen molar-refractivity contribution in [3.63, 3.8) is 0 Å². The van der Waals surface area contributed by atoms with Crippen LogP contribution in [0.3, 0.4) is 0 Å². The quantitative estimate of drug-likeness (QED) is 0.179. The van der Waals surface area contributed by atoms with Crippen molar-refractivity contribution in [2.75, 3.05) is 19.0 Å². The summed E-state index contributed by atoms with van der Waals surface area (Å²) >= 11 is 1.55. The minimum Gasteiger partial charge on any atom is -0.496 e. The Morgan fingerprint density at radius 3 is 2.78 bits per heavy atom. The van der Waals surface area contributed by atoms with Gasteiger partial charge in [-0.15, -0.1) is 16.4 Å². The predicted molar refractivity (Wildman–Crippen MR) is 186 cm³/mol. The molecule has 2 aromatic carbocycles. The van der Waals surface area contributed by atoms with Crippen LogP contribution in [0.4, 0.5) is 10.2 Å². The first-order chi connectivity index (χ1) is 24.4. The number of aryl methyl sites for hydroxylation is 2. The van der Waals surface area contributed by atoms with Crippen molar-refractivity contribution in [1.82, 2.24) is 25.1 Å². The fraction of sp³-hybridized carbons (Fsp3) is 0.289. The van der Waals surface area contributed by atoms with Gasteiger partial charge in [0, 0.05) is 23.2 Å². The average molecular weight is 687 g/mol. The van der Waals surface area contributed by atoms with E-state index in [-0.39, 0.29) is 23.7 Å². The monoisotopic (exact) mass is 686 g/mol. The molecule has 0 radical (unpaired) electrons. The van der Waals surface area contributed by atoms with Crippen molar-refractivity contribution in [2.24, 2.45) is 5.92 Å². The van der Waals surface area contributed by atoms with E-state index in [9.17, 15) is 14.0 Å². The zero-order valence-corrected chi connectivity index (χ0v) is 27.9. The second-order valence-corrected chi connectivity index (χ2v) is 14.7. The van der Waals surface area contributed by atoms with Gasteiger partial charge in [0.15, 0.2) is 0 Å². The normalized spacial score (nSPS) is 21.3. The van der Waals surface area contributed by atoms with E-state index in [4.69, 9.17) is 19.1 Å². The van der Waals surface area contributed by atoms with E-state index < -0.39 is 11.3 Å². The minimum absolute atomic E-state index is 0.0443. The third-order valence-corrected chi connectivity index (χ3v) is 12.2. The maximum absolute atomic E-state index is 14.4. The summed E-state index contributed by atoms with van der Waals surface area (Å²) in [5.74, 6) is 1.10. The van der Waals surface area contributed by atoms with Crippen molar-refractivity contribution < 1.29 is 18.3 Å². The van der Waals surface area contributed by atoms with Crippen molar-refractivity contribution in [1.29, 1.82) is 0 Å². The number of nitrogens with one attached hydrogen (secondary N) is 2. The average Bonchev–Trinajstić information content (AvgIpc) is 3.68. The molecule has 6 heterocycles. The topological polar surface area (TPSA) is 126 Å². The molecule has 12 heteroatoms. The summed E-state index contributed by atoms with van der Waals surface area (Å²) in [6.45, 7) is 0.690. The van der Waals surface area contributed by atoms with Gasteiger partial charge in [-0.3, -0.25) is 9.78 Å². The number of methoxy groups -OCH3 is 1. The number of aromatic amines is 1. The lowest BCUT2D eigenvalue weighted by Crippen LogP contribution is -2.30. The molecule has 10 rings (SSSR count). The Morgan fingerprint density at radius 1 is 1.10 bits per heavy atom. The molecule has 250 valence electrons. The number of amides is 1. The van der Waals surface area contributed by atoms with Crippen molar-refractivity contribution >= 4 is 33.1 Å². The minimum atomic E-state index is -0.691. The number of piperidine rings is 1. The van der Waals surface area contributed by atoms with Crippen LogP contribution < -0.4 is 15.8 Å². The SMILES string of the molecule is COc1cccc2c1CC[C@H]2Nc1nccc2cc(-c3c4c(nc(CCc5ccc(F)cc5)c3-c3n[nH]c(=O)o3)C35CC3CCN5C4=O)sc12. The summed E-state index contributed by atoms with van der Waals surface area (Å²) in [5, 5.41) is 11.4. The number of benzene rings is 2. The number of fused-ring (bicyclic) bond motifs is 3. The van der Waals surface area contributed by atoms with Gasteiger partial charge in [0.2, 0.25) is 0 Å². The zero-order chi connectivity index (χ0) is 33.7. The van der Waals surface area contributed by atoms with Crippen LogP contribution in [0.5, 0.6) is 5.75 Å². The molecule has 2 aliphatic carbocycles. The molecule has 4 aliphatic rings. The third-order valence-electron chi connectivity index (χ3n) is 11.1. The van der Waals surface area contributed by atoms with Gasteiger partial charge in [0.05, 0.1) is 45.9 Å². The molecule has 6 aromatic rings. The van der Waals surface area contributed by atoms with Crippen LogP contribution in [0.2, 0.25) is 0 Å². The number of thiophene rings is 1. The maximum Gasteiger partial charge on any atom is 0.434 e. The van der Waals surface area contributed by atoms with Gasteiger partial charge in [-0.25, -0.2) is 19.3 Å². The van der Waals surface area contributed by atoms with Crippen LogP contribution in [-0.4, -0.2) is 44.6 Å². The highest BCUT2D eigenvalue weighted by molar-refractivity contribution is 7.23. The lowest BCUT2D eigenvalue weighted by atomic mass is 9.92. The number of hydrogen-bond acceptors (Lipinski definition) is 9. The van der Waals surface area contributed by atoms with E-state index in [2.05, 4.69) is 27.6 Å². The van der Waals surface area contributed by atoms with Gasteiger partial charge in [0.25, 0.3) is 11.8 Å². The lowest BCUT2D eigenvalue weighted by molar-refractivity contribution is 0.0738. The number of carbonyl (C=O) groups is 1. The first-order valence-electron chi connectivity index (χ1n) is 16.9. The summed E-state index contributed by atoms with van der Waals surface area (Å²) in [4.78, 5) is 39.7. The standard InChI is InChI=1S/C38H31FN6O4S/c1-48-27-4-2-3-23-24(27)10-12-25(23)42-34-32-20(13-15-40-34)17-28(50-32)30-29(35-43-44-37(47)49-35)26(11-7-19-5-8-22(39)9-6-19)41-33-31(30)36(46)45-16-14-21-18-38(21,33)45/h2-6,8-9,13,15,17,21,25H,7,10-12,14,16,18H2,1H3,(H,40,42)(H,44,47)/t21?,25-,38?/m1/s1. The second-order valence-electron chi connectivity index (χ2n) is 13.6. The highest BCUT2D eigenvalue weighted by Crippen LogP contribution is 2.67. The number of halogens is 1. The molecule has 0 bridgehead atoms. The molecule has 2 unspecified atom stereocenters. The lowest BCUT2D eigenvalue weighted by Gasteiger charge is -2.19. The van der Waals surface area contributed by atoms with Crippen LogP contribution in [0.25, 0.3) is 32.0 Å². The third kappa shape index (κ3) is 4.27. The summed E-state index contributed by atoms with van der Waals surface area (Å²) in [7, 11) is 1.70. The van der Waals surface area contributed by atoms with E-state index in [1.54, 1.807) is 36.8 Å². The van der Waals surface area contributed by atoms with E-state index in [0.29, 0.717) is 47.7 Å². The van der Waals surface area contributed by atoms with E-state index >= 15 is 0 Å². The molecular formula is C38H31FN6O4S. The first-order valence-corrected chi connectivity index (χ1v) is 17.8. The molecule has 1 amide bonds. The molecule has 1 spiro atoms. The van der Waals surface area contributed by atoms with Gasteiger partial charge in [-0.05, 0) is 96.9 Å². The van der Waals surface area contributed by atoms with E-state index in [0.717, 1.165) is 63.5 Å². The van der Waals surface area contributed by atoms with Crippen LogP contribution in [0.1, 0.15) is 63.7 Å². The molecule has 3 atom stereocenters. The molecule has 1 saturated carbocycles. The van der Waals surface area contributed by atoms with Crippen LogP contribution in [0, 0.1) is 11.7 Å². The fourth-order valence-electron chi connectivity index (χ4n) is 8.69. The summed E-state index contributed by atoms with van der Waals surface area (Å²) < 4.78 is 26.0. The van der Waals surface area contributed by atoms with Gasteiger partial charge in [0.1, 0.15) is 17.4 Å². The van der Waals surface area contributed by atoms with Crippen molar-refractivity contribution in [3.05, 3.63) is 111 Å². The number of hydrogen-bond donors (Lipinski definition) is 2. The van der Waals surface area contributed by atoms with E-state index in [1.807, 2.05) is 23.1 Å². The molecule has 4 aromatic heterocycles. The molecule has 2 aliphatic heterocycles. The fourth-order valence-corrected chi connectivity index (χ4v) is 9.86. The first kappa shape index (κ1) is 29.5. The van der Waals surface area contributed by atoms with Crippen LogP contribution in [0.15, 0.2) is 70.0 Å². The van der Waals surface area contributed by atoms with Crippen molar-refractivity contribution in [2.45, 2.75) is 50.1 Å². The van der Waals surface area contributed by atoms with Gasteiger partial charge in [-0.1, -0.05) is 24.3 Å². The van der Waals surface area contributed by atoms with Gasteiger partial charge in [-0.2, -0.15) is 0 Å². The van der Waals surface area contributed by atoms with Gasteiger partial charge >= 0.3 is 5.76 Å². The Bertz CT molecular complexity index is 2440. The predicted octanol–water partition coefficient (Wildman–Crippen LogP) is 6.81. The Morgan fingerprint density at radius 2 is 1.98 bits per heavy atom. The number of carbonyl (C=O) groups excluding carboxylic acids is 1. The Hall–Kier alpha value is -5.36. The summed E-state index contributed by atoms with van der Waals surface area (Å²) in [6.07, 6.45) is 6.52. The Kier molecular flexibility index (Phi) is 6.39.